The minimum atomic E-state index is 0.645. The first-order chi connectivity index (χ1) is 17.1. The number of nitrogens with one attached hydrogen (secondary N) is 3. The lowest BCUT2D eigenvalue weighted by Gasteiger charge is -2.11. The zero-order valence-electron chi connectivity index (χ0n) is 19.7. The van der Waals surface area contributed by atoms with E-state index in [9.17, 15) is 0 Å². The lowest BCUT2D eigenvalue weighted by Crippen LogP contribution is -2.13. The van der Waals surface area contributed by atoms with Crippen molar-refractivity contribution in [2.75, 3.05) is 6.54 Å². The van der Waals surface area contributed by atoms with E-state index in [1.165, 1.54) is 11.1 Å². The highest BCUT2D eigenvalue weighted by atomic mass is 15.2. The molecule has 0 fully saturated rings. The third-order valence-corrected chi connectivity index (χ3v) is 6.20. The predicted molar refractivity (Wildman–Crippen MR) is 134 cm³/mol. The standard InChI is InChI=1S/C25H24N10/c1-4-26-6-17-7-27-9-19(15(17)3)16-5-18-22(33-34-24(18)29-8-16)25-31-20-10-28-11-21(23(20)32-25)35-12-14(2)30-13-35/h5,7-13,26H,4,6H2,1-3H3,(H,31,32)(H,29,33,34). The molecule has 10 heteroatoms. The van der Waals surface area contributed by atoms with Crippen molar-refractivity contribution in [1.29, 1.82) is 0 Å². The highest BCUT2D eigenvalue weighted by Gasteiger charge is 2.17. The number of H-pyrrole nitrogens is 2. The second-order valence-electron chi connectivity index (χ2n) is 8.51. The lowest BCUT2D eigenvalue weighted by molar-refractivity contribution is 0.721. The van der Waals surface area contributed by atoms with Crippen LogP contribution in [-0.2, 0) is 6.54 Å². The second kappa shape index (κ2) is 8.41. The Morgan fingerprint density at radius 1 is 1.03 bits per heavy atom. The van der Waals surface area contributed by atoms with Crippen molar-refractivity contribution in [2.24, 2.45) is 0 Å². The average molecular weight is 465 g/mol. The fourth-order valence-electron chi connectivity index (χ4n) is 4.30. The van der Waals surface area contributed by atoms with Crippen molar-refractivity contribution in [3.8, 4) is 28.3 Å². The van der Waals surface area contributed by atoms with Crippen LogP contribution in [0.15, 0.2) is 49.6 Å². The van der Waals surface area contributed by atoms with Gasteiger partial charge in [0.15, 0.2) is 11.5 Å². The molecule has 0 bridgehead atoms. The van der Waals surface area contributed by atoms with Gasteiger partial charge in [-0.2, -0.15) is 5.10 Å². The molecule has 6 aromatic rings. The summed E-state index contributed by atoms with van der Waals surface area (Å²) >= 11 is 0. The molecule has 0 aliphatic heterocycles. The molecule has 10 nitrogen and oxygen atoms in total. The van der Waals surface area contributed by atoms with Crippen molar-refractivity contribution in [2.45, 2.75) is 27.3 Å². The van der Waals surface area contributed by atoms with E-state index in [4.69, 9.17) is 4.98 Å². The van der Waals surface area contributed by atoms with Crippen LogP contribution in [-0.4, -0.2) is 51.2 Å². The van der Waals surface area contributed by atoms with Gasteiger partial charge in [-0.15, -0.1) is 0 Å². The quantitative estimate of drug-likeness (QED) is 0.342. The normalized spacial score (nSPS) is 11.6. The number of rotatable bonds is 6. The maximum absolute atomic E-state index is 4.88. The van der Waals surface area contributed by atoms with Crippen molar-refractivity contribution < 1.29 is 0 Å². The second-order valence-corrected chi connectivity index (χ2v) is 8.51. The molecular formula is C25H24N10. The van der Waals surface area contributed by atoms with Gasteiger partial charge in [0.1, 0.15) is 11.2 Å². The Kier molecular flexibility index (Phi) is 5.07. The molecule has 0 spiro atoms. The largest absolute Gasteiger partial charge is 0.335 e. The number of hydrogen-bond acceptors (Lipinski definition) is 7. The SMILES string of the molecule is CCNCc1cncc(-c2cnc3[nH]nc(-c4nc5c(-n6cnc(C)c6)cncc5[nH]4)c3c2)c1C. The number of aromatic amines is 2. The number of hydrogen-bond donors (Lipinski definition) is 3. The summed E-state index contributed by atoms with van der Waals surface area (Å²) < 4.78 is 1.92. The molecule has 0 aliphatic carbocycles. The highest BCUT2D eigenvalue weighted by molar-refractivity contribution is 5.94. The molecule has 174 valence electrons. The molecule has 0 unspecified atom stereocenters. The summed E-state index contributed by atoms with van der Waals surface area (Å²) in [5, 5.41) is 11.8. The van der Waals surface area contributed by atoms with Crippen LogP contribution >= 0.6 is 0 Å². The third-order valence-electron chi connectivity index (χ3n) is 6.20. The first-order valence-corrected chi connectivity index (χ1v) is 11.5. The zero-order chi connectivity index (χ0) is 23.9. The van der Waals surface area contributed by atoms with Crippen LogP contribution in [0.5, 0.6) is 0 Å². The zero-order valence-corrected chi connectivity index (χ0v) is 19.7. The van der Waals surface area contributed by atoms with Crippen LogP contribution < -0.4 is 5.32 Å². The summed E-state index contributed by atoms with van der Waals surface area (Å²) in [4.78, 5) is 26.1. The Morgan fingerprint density at radius 3 is 2.74 bits per heavy atom. The van der Waals surface area contributed by atoms with Crippen molar-refractivity contribution in [3.05, 3.63) is 66.4 Å². The number of pyridine rings is 3. The predicted octanol–water partition coefficient (Wildman–Crippen LogP) is 3.87. The van der Waals surface area contributed by atoms with Gasteiger partial charge >= 0.3 is 0 Å². The highest BCUT2D eigenvalue weighted by Crippen LogP contribution is 2.31. The van der Waals surface area contributed by atoms with Gasteiger partial charge in [-0.05, 0) is 37.6 Å². The number of imidazole rings is 2. The molecule has 6 rings (SSSR count). The monoisotopic (exact) mass is 464 g/mol. The molecule has 0 atom stereocenters. The molecule has 35 heavy (non-hydrogen) atoms. The van der Waals surface area contributed by atoms with Gasteiger partial charge in [0, 0.05) is 42.5 Å². The van der Waals surface area contributed by atoms with Crippen LogP contribution in [0.3, 0.4) is 0 Å². The maximum atomic E-state index is 4.88. The van der Waals surface area contributed by atoms with Crippen molar-refractivity contribution >= 4 is 22.1 Å². The lowest BCUT2D eigenvalue weighted by atomic mass is 9.99. The van der Waals surface area contributed by atoms with Crippen LogP contribution in [0.4, 0.5) is 0 Å². The van der Waals surface area contributed by atoms with Gasteiger partial charge in [-0.25, -0.2) is 15.0 Å². The molecule has 0 aliphatic rings. The van der Waals surface area contributed by atoms with E-state index < -0.39 is 0 Å². The topological polar surface area (TPSA) is 126 Å². The number of aromatic nitrogens is 9. The van der Waals surface area contributed by atoms with Gasteiger partial charge in [-0.3, -0.25) is 15.1 Å². The van der Waals surface area contributed by atoms with Crippen LogP contribution in [0, 0.1) is 13.8 Å². The molecule has 0 amide bonds. The van der Waals surface area contributed by atoms with E-state index in [0.717, 1.165) is 52.0 Å². The van der Waals surface area contributed by atoms with Gasteiger partial charge in [-0.1, -0.05) is 6.92 Å². The maximum Gasteiger partial charge on any atom is 0.159 e. The molecule has 0 saturated carbocycles. The molecule has 0 aromatic carbocycles. The number of nitrogens with zero attached hydrogens (tertiary/aromatic N) is 7. The van der Waals surface area contributed by atoms with Gasteiger partial charge in [0.25, 0.3) is 0 Å². The molecular weight excluding hydrogens is 440 g/mol. The fourth-order valence-corrected chi connectivity index (χ4v) is 4.30. The summed E-state index contributed by atoms with van der Waals surface area (Å²) in [5.74, 6) is 0.645. The third kappa shape index (κ3) is 3.64. The van der Waals surface area contributed by atoms with Gasteiger partial charge in [0.2, 0.25) is 0 Å². The molecule has 6 aromatic heterocycles. The minimum absolute atomic E-state index is 0.645. The molecule has 3 N–H and O–H groups in total. The van der Waals surface area contributed by atoms with Crippen molar-refractivity contribution in [3.63, 3.8) is 0 Å². The Labute approximate surface area is 200 Å². The summed E-state index contributed by atoms with van der Waals surface area (Å²) in [6, 6.07) is 2.09. The Morgan fingerprint density at radius 2 is 1.91 bits per heavy atom. The van der Waals surface area contributed by atoms with Crippen LogP contribution in [0.1, 0.15) is 23.7 Å². The molecule has 0 saturated heterocycles. The van der Waals surface area contributed by atoms with E-state index in [2.05, 4.69) is 60.3 Å². The summed E-state index contributed by atoms with van der Waals surface area (Å²) in [6.07, 6.45) is 12.9. The number of fused-ring (bicyclic) bond motifs is 2. The van der Waals surface area contributed by atoms with Crippen LogP contribution in [0.25, 0.3) is 50.4 Å². The van der Waals surface area contributed by atoms with E-state index in [-0.39, 0.29) is 0 Å². The van der Waals surface area contributed by atoms with E-state index in [0.29, 0.717) is 17.2 Å². The van der Waals surface area contributed by atoms with E-state index in [1.54, 1.807) is 18.7 Å². The fraction of sp³-hybridized carbons (Fsp3) is 0.200. The molecule has 6 heterocycles. The minimum Gasteiger partial charge on any atom is -0.335 e. The molecule has 0 radical (unpaired) electrons. The first kappa shape index (κ1) is 21.1. The van der Waals surface area contributed by atoms with E-state index >= 15 is 0 Å². The van der Waals surface area contributed by atoms with Crippen LogP contribution in [0.2, 0.25) is 0 Å². The Balaban J connectivity index is 1.46. The Bertz CT molecular complexity index is 1670. The average Bonchev–Trinajstić information content (AvgIpc) is 3.60. The van der Waals surface area contributed by atoms with E-state index in [1.807, 2.05) is 36.3 Å². The first-order valence-electron chi connectivity index (χ1n) is 11.5. The summed E-state index contributed by atoms with van der Waals surface area (Å²) in [5.41, 5.74) is 9.17. The van der Waals surface area contributed by atoms with Gasteiger partial charge in [0.05, 0.1) is 41.0 Å². The number of aryl methyl sites for hydroxylation is 1. The smallest absolute Gasteiger partial charge is 0.159 e. The van der Waals surface area contributed by atoms with Crippen molar-refractivity contribution in [1.82, 2.24) is 50.0 Å². The summed E-state index contributed by atoms with van der Waals surface area (Å²) in [6.45, 7) is 7.86. The summed E-state index contributed by atoms with van der Waals surface area (Å²) in [7, 11) is 0. The Hall–Kier alpha value is -4.44. The van der Waals surface area contributed by atoms with Gasteiger partial charge < -0.3 is 14.9 Å².